The third-order valence-electron chi connectivity index (χ3n) is 3.27. The van der Waals surface area contributed by atoms with E-state index in [1.54, 1.807) is 6.20 Å². The summed E-state index contributed by atoms with van der Waals surface area (Å²) in [6.45, 7) is 2.51. The van der Waals surface area contributed by atoms with Gasteiger partial charge in [-0.15, -0.1) is 0 Å². The number of nitrogens with two attached hydrogens (primary N) is 1. The van der Waals surface area contributed by atoms with Gasteiger partial charge in [-0.25, -0.2) is 4.79 Å². The summed E-state index contributed by atoms with van der Waals surface area (Å²) >= 11 is 0. The van der Waals surface area contributed by atoms with E-state index in [0.29, 0.717) is 18.9 Å². The Kier molecular flexibility index (Phi) is 4.71. The molecule has 8 heteroatoms. The first-order valence-electron chi connectivity index (χ1n) is 6.55. The molecule has 1 aromatic heterocycles. The molecule has 112 valence electrons. The first-order valence-corrected chi connectivity index (χ1v) is 6.55. The molecule has 0 bridgehead atoms. The summed E-state index contributed by atoms with van der Waals surface area (Å²) in [6.07, 6.45) is -0.174. The van der Waals surface area contributed by atoms with E-state index in [2.05, 4.69) is 10.3 Å². The molecule has 8 nitrogen and oxygen atoms in total. The van der Waals surface area contributed by atoms with Crippen LogP contribution in [0.25, 0.3) is 0 Å². The average molecular weight is 284 g/mol. The molecule has 2 heterocycles. The summed E-state index contributed by atoms with van der Waals surface area (Å²) in [6, 6.07) is 0. The SMILES string of the molecule is Cc1cn([C@H]2C[C@H](O)[C@@H](CO)O2)c(=O)nc1NCCN. The Morgan fingerprint density at radius 1 is 1.65 bits per heavy atom. The zero-order valence-electron chi connectivity index (χ0n) is 11.3. The van der Waals surface area contributed by atoms with E-state index in [1.165, 1.54) is 4.57 Å². The van der Waals surface area contributed by atoms with Crippen LogP contribution in [0.5, 0.6) is 0 Å². The number of aromatic nitrogens is 2. The number of nitrogens with zero attached hydrogens (tertiary/aromatic N) is 2. The van der Waals surface area contributed by atoms with Crippen molar-refractivity contribution >= 4 is 5.82 Å². The molecule has 0 amide bonds. The molecule has 0 aromatic carbocycles. The molecule has 1 aromatic rings. The monoisotopic (exact) mass is 284 g/mol. The topological polar surface area (TPSA) is 123 Å². The molecule has 1 aliphatic rings. The maximum atomic E-state index is 12.0. The number of aliphatic hydroxyl groups is 2. The summed E-state index contributed by atoms with van der Waals surface area (Å²) in [5.74, 6) is 0.494. The number of aliphatic hydroxyl groups excluding tert-OH is 2. The second kappa shape index (κ2) is 6.31. The van der Waals surface area contributed by atoms with Gasteiger partial charge in [-0.1, -0.05) is 0 Å². The standard InChI is InChI=1S/C12H20N4O4/c1-7-5-16(10-4-8(18)9(6-17)20-10)12(19)15-11(7)14-3-2-13/h5,8-10,17-18H,2-4,6,13H2,1H3,(H,14,15,19)/t8-,9+,10+/m0/s1. The first kappa shape index (κ1) is 14.9. The molecule has 1 aliphatic heterocycles. The molecule has 0 unspecified atom stereocenters. The van der Waals surface area contributed by atoms with Crippen LogP contribution in [0.2, 0.25) is 0 Å². The lowest BCUT2D eigenvalue weighted by molar-refractivity contribution is -0.0459. The van der Waals surface area contributed by atoms with E-state index in [9.17, 15) is 9.90 Å². The van der Waals surface area contributed by atoms with Crippen molar-refractivity contribution in [3.63, 3.8) is 0 Å². The maximum Gasteiger partial charge on any atom is 0.351 e. The van der Waals surface area contributed by atoms with Gasteiger partial charge in [-0.2, -0.15) is 4.98 Å². The van der Waals surface area contributed by atoms with Crippen LogP contribution >= 0.6 is 0 Å². The number of hydrogen-bond acceptors (Lipinski definition) is 7. The van der Waals surface area contributed by atoms with E-state index in [4.69, 9.17) is 15.6 Å². The minimum absolute atomic E-state index is 0.252. The van der Waals surface area contributed by atoms with E-state index in [-0.39, 0.29) is 13.0 Å². The Bertz CT molecular complexity index is 519. The highest BCUT2D eigenvalue weighted by Gasteiger charge is 2.35. The van der Waals surface area contributed by atoms with Crippen molar-refractivity contribution in [1.82, 2.24) is 9.55 Å². The van der Waals surface area contributed by atoms with Gasteiger partial charge < -0.3 is 26.0 Å². The number of hydrogen-bond donors (Lipinski definition) is 4. The molecule has 0 spiro atoms. The lowest BCUT2D eigenvalue weighted by atomic mass is 10.2. The lowest BCUT2D eigenvalue weighted by Crippen LogP contribution is -2.29. The Balaban J connectivity index is 2.21. The van der Waals surface area contributed by atoms with Crippen molar-refractivity contribution in [2.45, 2.75) is 31.8 Å². The Labute approximate surface area is 116 Å². The van der Waals surface area contributed by atoms with Gasteiger partial charge in [0.25, 0.3) is 0 Å². The van der Waals surface area contributed by atoms with Gasteiger partial charge in [-0.3, -0.25) is 4.57 Å². The predicted molar refractivity (Wildman–Crippen MR) is 72.4 cm³/mol. The molecule has 0 aliphatic carbocycles. The number of ether oxygens (including phenoxy) is 1. The van der Waals surface area contributed by atoms with Crippen LogP contribution in [0.15, 0.2) is 11.0 Å². The van der Waals surface area contributed by atoms with Crippen molar-refractivity contribution in [1.29, 1.82) is 0 Å². The minimum Gasteiger partial charge on any atom is -0.394 e. The number of rotatable bonds is 5. The highest BCUT2D eigenvalue weighted by molar-refractivity contribution is 5.41. The van der Waals surface area contributed by atoms with Crippen LogP contribution in [0.3, 0.4) is 0 Å². The smallest absolute Gasteiger partial charge is 0.351 e. The van der Waals surface area contributed by atoms with Crippen molar-refractivity contribution in [2.75, 3.05) is 25.0 Å². The number of anilines is 1. The summed E-state index contributed by atoms with van der Waals surface area (Å²) < 4.78 is 6.78. The molecule has 20 heavy (non-hydrogen) atoms. The van der Waals surface area contributed by atoms with Crippen molar-refractivity contribution in [3.05, 3.63) is 22.2 Å². The van der Waals surface area contributed by atoms with Crippen LogP contribution in [0.4, 0.5) is 5.82 Å². The van der Waals surface area contributed by atoms with E-state index in [0.717, 1.165) is 5.56 Å². The summed E-state index contributed by atoms with van der Waals surface area (Å²) in [5.41, 5.74) is 5.71. The van der Waals surface area contributed by atoms with Crippen LogP contribution < -0.4 is 16.7 Å². The molecule has 5 N–H and O–H groups in total. The number of nitrogens with one attached hydrogen (secondary N) is 1. The Hall–Kier alpha value is -1.48. The van der Waals surface area contributed by atoms with E-state index in [1.807, 2.05) is 6.92 Å². The molecule has 1 saturated heterocycles. The molecular weight excluding hydrogens is 264 g/mol. The Morgan fingerprint density at radius 2 is 2.40 bits per heavy atom. The quantitative estimate of drug-likeness (QED) is 0.522. The second-order valence-corrected chi connectivity index (χ2v) is 4.79. The van der Waals surface area contributed by atoms with Crippen molar-refractivity contribution in [2.24, 2.45) is 5.73 Å². The highest BCUT2D eigenvalue weighted by Crippen LogP contribution is 2.27. The van der Waals surface area contributed by atoms with Gasteiger partial charge >= 0.3 is 5.69 Å². The van der Waals surface area contributed by atoms with Gasteiger partial charge in [0, 0.05) is 31.3 Å². The van der Waals surface area contributed by atoms with Crippen molar-refractivity contribution < 1.29 is 14.9 Å². The summed E-state index contributed by atoms with van der Waals surface area (Å²) in [5, 5.41) is 21.7. The fraction of sp³-hybridized carbons (Fsp3) is 0.667. The van der Waals surface area contributed by atoms with Crippen LogP contribution in [0.1, 0.15) is 18.2 Å². The highest BCUT2D eigenvalue weighted by atomic mass is 16.5. The second-order valence-electron chi connectivity index (χ2n) is 4.79. The molecule has 2 rings (SSSR count). The van der Waals surface area contributed by atoms with Crippen LogP contribution in [-0.4, -0.2) is 51.7 Å². The third-order valence-corrected chi connectivity index (χ3v) is 3.27. The number of aryl methyl sites for hydroxylation is 1. The van der Waals surface area contributed by atoms with Gasteiger partial charge in [0.15, 0.2) is 0 Å². The summed E-state index contributed by atoms with van der Waals surface area (Å²) in [4.78, 5) is 15.9. The molecule has 0 radical (unpaired) electrons. The van der Waals surface area contributed by atoms with E-state index < -0.39 is 24.1 Å². The van der Waals surface area contributed by atoms with Gasteiger partial charge in [-0.05, 0) is 6.92 Å². The van der Waals surface area contributed by atoms with Gasteiger partial charge in [0.1, 0.15) is 18.1 Å². The zero-order valence-corrected chi connectivity index (χ0v) is 11.3. The lowest BCUT2D eigenvalue weighted by Gasteiger charge is -2.16. The first-order chi connectivity index (χ1) is 9.56. The van der Waals surface area contributed by atoms with Crippen LogP contribution in [0, 0.1) is 6.92 Å². The molecule has 3 atom stereocenters. The minimum atomic E-state index is -0.785. The van der Waals surface area contributed by atoms with Gasteiger partial charge in [0.2, 0.25) is 0 Å². The molecule has 0 saturated carbocycles. The third kappa shape index (κ3) is 2.98. The maximum absolute atomic E-state index is 12.0. The fourth-order valence-electron chi connectivity index (χ4n) is 2.19. The van der Waals surface area contributed by atoms with Crippen LogP contribution in [-0.2, 0) is 4.74 Å². The van der Waals surface area contributed by atoms with E-state index >= 15 is 0 Å². The average Bonchev–Trinajstić information content (AvgIpc) is 2.80. The largest absolute Gasteiger partial charge is 0.394 e. The van der Waals surface area contributed by atoms with Crippen molar-refractivity contribution in [3.8, 4) is 0 Å². The predicted octanol–water partition coefficient (Wildman–Crippen LogP) is -1.44. The van der Waals surface area contributed by atoms with Gasteiger partial charge in [0.05, 0.1) is 12.7 Å². The summed E-state index contributed by atoms with van der Waals surface area (Å²) in [7, 11) is 0. The normalized spacial score (nSPS) is 25.9. The molecule has 1 fully saturated rings. The Morgan fingerprint density at radius 3 is 3.00 bits per heavy atom. The fourth-order valence-corrected chi connectivity index (χ4v) is 2.19. The molecular formula is C12H20N4O4. The zero-order chi connectivity index (χ0) is 14.7.